The van der Waals surface area contributed by atoms with Crippen LogP contribution in [-0.2, 0) is 4.74 Å². The van der Waals surface area contributed by atoms with Crippen molar-refractivity contribution in [2.75, 3.05) is 31.1 Å². The van der Waals surface area contributed by atoms with Gasteiger partial charge in [-0.15, -0.1) is 0 Å². The molecule has 1 N–H and O–H groups in total. The number of anilines is 1. The lowest BCUT2D eigenvalue weighted by Gasteiger charge is -2.36. The van der Waals surface area contributed by atoms with Crippen LogP contribution in [0.15, 0.2) is 18.2 Å². The number of hydrogen-bond donors (Lipinski definition) is 1. The summed E-state index contributed by atoms with van der Waals surface area (Å²) in [5.41, 5.74) is 1.78. The van der Waals surface area contributed by atoms with Gasteiger partial charge >= 0.3 is 0 Å². The predicted octanol–water partition coefficient (Wildman–Crippen LogP) is 3.50. The first kappa shape index (κ1) is 16.2. The molecule has 2 rings (SSSR count). The first-order valence-electron chi connectivity index (χ1n) is 8.05. The minimum atomic E-state index is -0.130. The van der Waals surface area contributed by atoms with Crippen molar-refractivity contribution >= 4 is 5.69 Å². The van der Waals surface area contributed by atoms with E-state index < -0.39 is 0 Å². The van der Waals surface area contributed by atoms with E-state index in [1.807, 2.05) is 13.0 Å². The van der Waals surface area contributed by atoms with Crippen LogP contribution < -0.4 is 10.2 Å². The lowest BCUT2D eigenvalue weighted by Crippen LogP contribution is -2.41. The van der Waals surface area contributed by atoms with E-state index in [9.17, 15) is 4.39 Å². The molecule has 1 aliphatic heterocycles. The molecule has 118 valence electrons. The highest BCUT2D eigenvalue weighted by atomic mass is 19.1. The van der Waals surface area contributed by atoms with Crippen LogP contribution in [0.2, 0.25) is 0 Å². The fourth-order valence-electron chi connectivity index (χ4n) is 3.14. The third-order valence-corrected chi connectivity index (χ3v) is 4.09. The molecule has 2 atom stereocenters. The number of hydrogen-bond acceptors (Lipinski definition) is 3. The largest absolute Gasteiger partial charge is 0.377 e. The second kappa shape index (κ2) is 7.76. The number of nitrogens with zero attached hydrogens (tertiary/aromatic N) is 1. The summed E-state index contributed by atoms with van der Waals surface area (Å²) in [6, 6.07) is 5.53. The molecular formula is C17H27FN2O. The molecule has 0 bridgehead atoms. The predicted molar refractivity (Wildman–Crippen MR) is 85.4 cm³/mol. The molecule has 0 spiro atoms. The topological polar surface area (TPSA) is 24.5 Å². The van der Waals surface area contributed by atoms with Gasteiger partial charge in [-0.3, -0.25) is 0 Å². The maximum absolute atomic E-state index is 14.4. The maximum atomic E-state index is 14.4. The Morgan fingerprint density at radius 2 is 2.24 bits per heavy atom. The minimum absolute atomic E-state index is 0.130. The summed E-state index contributed by atoms with van der Waals surface area (Å²) in [7, 11) is 0. The van der Waals surface area contributed by atoms with Crippen molar-refractivity contribution in [3.63, 3.8) is 0 Å². The van der Waals surface area contributed by atoms with Gasteiger partial charge in [-0.2, -0.15) is 0 Å². The SMILES string of the molecule is CCNC(C)c1cccc(F)c1N1CCCC(OCC)C1. The Morgan fingerprint density at radius 1 is 1.43 bits per heavy atom. The maximum Gasteiger partial charge on any atom is 0.146 e. The highest BCUT2D eigenvalue weighted by Crippen LogP contribution is 2.31. The van der Waals surface area contributed by atoms with Gasteiger partial charge in [-0.05, 0) is 44.9 Å². The summed E-state index contributed by atoms with van der Waals surface area (Å²) in [4.78, 5) is 2.16. The molecule has 3 nitrogen and oxygen atoms in total. The number of halogens is 1. The Labute approximate surface area is 127 Å². The summed E-state index contributed by atoms with van der Waals surface area (Å²) < 4.78 is 20.2. The van der Waals surface area contributed by atoms with Crippen LogP contribution in [0.1, 0.15) is 45.2 Å². The van der Waals surface area contributed by atoms with Crippen LogP contribution in [0.4, 0.5) is 10.1 Å². The molecule has 0 aliphatic carbocycles. The van der Waals surface area contributed by atoms with Gasteiger partial charge in [0.05, 0.1) is 11.8 Å². The molecule has 0 amide bonds. The first-order valence-corrected chi connectivity index (χ1v) is 8.05. The van der Waals surface area contributed by atoms with Crippen LogP contribution in [0, 0.1) is 5.82 Å². The third kappa shape index (κ3) is 3.95. The molecule has 1 aromatic carbocycles. The van der Waals surface area contributed by atoms with Crippen LogP contribution in [0.25, 0.3) is 0 Å². The van der Waals surface area contributed by atoms with Crippen molar-refractivity contribution in [2.24, 2.45) is 0 Å². The average molecular weight is 294 g/mol. The number of rotatable bonds is 6. The Bertz CT molecular complexity index is 450. The van der Waals surface area contributed by atoms with Gasteiger partial charge in [-0.25, -0.2) is 4.39 Å². The summed E-state index contributed by atoms with van der Waals surface area (Å²) in [5, 5.41) is 3.38. The second-order valence-corrected chi connectivity index (χ2v) is 5.62. The third-order valence-electron chi connectivity index (χ3n) is 4.09. The lowest BCUT2D eigenvalue weighted by atomic mass is 10.0. The average Bonchev–Trinajstić information content (AvgIpc) is 2.48. The van der Waals surface area contributed by atoms with Gasteiger partial charge in [0.1, 0.15) is 5.82 Å². The van der Waals surface area contributed by atoms with Gasteiger partial charge in [0, 0.05) is 25.7 Å². The van der Waals surface area contributed by atoms with E-state index in [4.69, 9.17) is 4.74 Å². The first-order chi connectivity index (χ1) is 10.2. The Morgan fingerprint density at radius 3 is 2.95 bits per heavy atom. The van der Waals surface area contributed by atoms with Crippen molar-refractivity contribution in [1.82, 2.24) is 5.32 Å². The molecule has 1 aliphatic rings. The molecule has 1 saturated heterocycles. The van der Waals surface area contributed by atoms with Gasteiger partial charge in [0.25, 0.3) is 0 Å². The molecule has 0 saturated carbocycles. The van der Waals surface area contributed by atoms with E-state index in [1.54, 1.807) is 12.1 Å². The molecule has 2 unspecified atom stereocenters. The Hall–Kier alpha value is -1.13. The highest BCUT2D eigenvalue weighted by Gasteiger charge is 2.25. The van der Waals surface area contributed by atoms with E-state index in [1.165, 1.54) is 0 Å². The summed E-state index contributed by atoms with van der Waals surface area (Å²) in [5.74, 6) is -0.130. The normalized spacial score (nSPS) is 20.6. The smallest absolute Gasteiger partial charge is 0.146 e. The van der Waals surface area contributed by atoms with Gasteiger partial charge in [-0.1, -0.05) is 19.1 Å². The van der Waals surface area contributed by atoms with Crippen molar-refractivity contribution in [3.05, 3.63) is 29.6 Å². The number of ether oxygens (including phenoxy) is 1. The molecule has 1 heterocycles. The van der Waals surface area contributed by atoms with Crippen molar-refractivity contribution in [2.45, 2.75) is 45.8 Å². The zero-order valence-corrected chi connectivity index (χ0v) is 13.4. The fraction of sp³-hybridized carbons (Fsp3) is 0.647. The molecule has 1 aromatic rings. The molecule has 4 heteroatoms. The van der Waals surface area contributed by atoms with Gasteiger partial charge in [0.15, 0.2) is 0 Å². The van der Waals surface area contributed by atoms with E-state index in [0.29, 0.717) is 0 Å². The second-order valence-electron chi connectivity index (χ2n) is 5.62. The van der Waals surface area contributed by atoms with Crippen LogP contribution in [0.5, 0.6) is 0 Å². The van der Waals surface area contributed by atoms with Crippen LogP contribution in [0.3, 0.4) is 0 Å². The summed E-state index contributed by atoms with van der Waals surface area (Å²) in [6.45, 7) is 9.44. The van der Waals surface area contributed by atoms with Crippen LogP contribution in [-0.4, -0.2) is 32.3 Å². The molecule has 0 aromatic heterocycles. The van der Waals surface area contributed by atoms with Gasteiger partial charge < -0.3 is 15.0 Å². The minimum Gasteiger partial charge on any atom is -0.377 e. The number of piperidine rings is 1. The highest BCUT2D eigenvalue weighted by molar-refractivity contribution is 5.56. The standard InChI is InChI=1S/C17H27FN2O/c1-4-19-13(3)15-9-6-10-16(18)17(15)20-11-7-8-14(12-20)21-5-2/h6,9-10,13-14,19H,4-5,7-8,11-12H2,1-3H3. The molecular weight excluding hydrogens is 267 g/mol. The monoisotopic (exact) mass is 294 g/mol. The fourth-order valence-corrected chi connectivity index (χ4v) is 3.14. The zero-order chi connectivity index (χ0) is 15.2. The number of benzene rings is 1. The van der Waals surface area contributed by atoms with Gasteiger partial charge in [0.2, 0.25) is 0 Å². The molecule has 21 heavy (non-hydrogen) atoms. The van der Waals surface area contributed by atoms with Crippen molar-refractivity contribution in [3.8, 4) is 0 Å². The number of nitrogens with one attached hydrogen (secondary N) is 1. The Balaban J connectivity index is 2.25. The molecule has 0 radical (unpaired) electrons. The Kier molecular flexibility index (Phi) is 6.00. The van der Waals surface area contributed by atoms with Crippen LogP contribution >= 0.6 is 0 Å². The zero-order valence-electron chi connectivity index (χ0n) is 13.4. The van der Waals surface area contributed by atoms with E-state index in [0.717, 1.165) is 50.3 Å². The number of para-hydroxylation sites is 1. The molecule has 1 fully saturated rings. The lowest BCUT2D eigenvalue weighted by molar-refractivity contribution is 0.0525. The van der Waals surface area contributed by atoms with E-state index in [2.05, 4.69) is 24.1 Å². The summed E-state index contributed by atoms with van der Waals surface area (Å²) in [6.07, 6.45) is 2.33. The van der Waals surface area contributed by atoms with Crippen molar-refractivity contribution in [1.29, 1.82) is 0 Å². The van der Waals surface area contributed by atoms with E-state index >= 15 is 0 Å². The van der Waals surface area contributed by atoms with E-state index in [-0.39, 0.29) is 18.0 Å². The quantitative estimate of drug-likeness (QED) is 0.869. The van der Waals surface area contributed by atoms with Crippen molar-refractivity contribution < 1.29 is 9.13 Å². The summed E-state index contributed by atoms with van der Waals surface area (Å²) >= 11 is 0.